The molecule has 1 aromatic carbocycles. The van der Waals surface area contributed by atoms with Crippen molar-refractivity contribution in [2.45, 2.75) is 37.0 Å². The van der Waals surface area contributed by atoms with Crippen LogP contribution < -0.4 is 0 Å². The van der Waals surface area contributed by atoms with E-state index >= 15 is 0 Å². The first-order valence-corrected chi connectivity index (χ1v) is 11.3. The van der Waals surface area contributed by atoms with Crippen molar-refractivity contribution < 1.29 is 0 Å². The molecule has 0 amide bonds. The summed E-state index contributed by atoms with van der Waals surface area (Å²) in [6, 6.07) is 9.69. The number of hydrogen-bond donors (Lipinski definition) is 0. The van der Waals surface area contributed by atoms with Gasteiger partial charge in [0.1, 0.15) is 0 Å². The SMILES string of the molecule is CP1CCCC1c1cccc(C2CCCP2C)c1. The molecule has 0 N–H and O–H groups in total. The van der Waals surface area contributed by atoms with Crippen LogP contribution in [-0.2, 0) is 0 Å². The largest absolute Gasteiger partial charge is 0.102 e. The molecule has 2 fully saturated rings. The van der Waals surface area contributed by atoms with E-state index in [2.05, 4.69) is 37.6 Å². The molecule has 2 saturated heterocycles. The van der Waals surface area contributed by atoms with Gasteiger partial charge in [-0.25, -0.2) is 0 Å². The zero-order chi connectivity index (χ0) is 12.5. The van der Waals surface area contributed by atoms with Crippen molar-refractivity contribution in [3.8, 4) is 0 Å². The molecule has 3 rings (SSSR count). The number of hydrogen-bond acceptors (Lipinski definition) is 0. The Labute approximate surface area is 114 Å². The molecule has 2 aliphatic rings. The molecule has 0 nitrogen and oxygen atoms in total. The summed E-state index contributed by atoms with van der Waals surface area (Å²) in [5.74, 6) is 0. The predicted molar refractivity (Wildman–Crippen MR) is 85.8 cm³/mol. The first-order chi connectivity index (χ1) is 8.75. The lowest BCUT2D eigenvalue weighted by molar-refractivity contribution is 0.809. The van der Waals surface area contributed by atoms with Crippen LogP contribution in [0.25, 0.3) is 0 Å². The third-order valence-corrected chi connectivity index (χ3v) is 10.0. The molecule has 98 valence electrons. The second kappa shape index (κ2) is 5.60. The highest BCUT2D eigenvalue weighted by Crippen LogP contribution is 2.59. The fourth-order valence-corrected chi connectivity index (χ4v) is 8.21. The van der Waals surface area contributed by atoms with E-state index in [0.717, 1.165) is 11.3 Å². The lowest BCUT2D eigenvalue weighted by Crippen LogP contribution is -1.96. The van der Waals surface area contributed by atoms with Crippen LogP contribution >= 0.6 is 15.8 Å². The quantitative estimate of drug-likeness (QED) is 0.619. The molecule has 18 heavy (non-hydrogen) atoms. The monoisotopic (exact) mass is 278 g/mol. The summed E-state index contributed by atoms with van der Waals surface area (Å²) >= 11 is 0. The molecular weight excluding hydrogens is 254 g/mol. The van der Waals surface area contributed by atoms with Gasteiger partial charge in [-0.2, -0.15) is 0 Å². The van der Waals surface area contributed by atoms with Crippen LogP contribution in [0.5, 0.6) is 0 Å². The molecule has 2 heteroatoms. The molecule has 1 aromatic rings. The van der Waals surface area contributed by atoms with Crippen molar-refractivity contribution in [2.24, 2.45) is 0 Å². The maximum Gasteiger partial charge on any atom is 0.00395 e. The van der Waals surface area contributed by atoms with Crippen LogP contribution in [0.4, 0.5) is 0 Å². The van der Waals surface area contributed by atoms with Gasteiger partial charge in [0.05, 0.1) is 0 Å². The van der Waals surface area contributed by atoms with E-state index in [9.17, 15) is 0 Å². The lowest BCUT2D eigenvalue weighted by Gasteiger charge is -2.21. The lowest BCUT2D eigenvalue weighted by atomic mass is 10.0. The van der Waals surface area contributed by atoms with Crippen LogP contribution in [0.1, 0.15) is 48.1 Å². The first kappa shape index (κ1) is 13.1. The number of rotatable bonds is 2. The third kappa shape index (κ3) is 2.52. The fraction of sp³-hybridized carbons (Fsp3) is 0.625. The van der Waals surface area contributed by atoms with E-state index in [1.807, 2.05) is 0 Å². The van der Waals surface area contributed by atoms with Crippen LogP contribution in [-0.4, -0.2) is 25.7 Å². The molecule has 2 aliphatic heterocycles. The van der Waals surface area contributed by atoms with Gasteiger partial charge in [0, 0.05) is 11.3 Å². The molecule has 2 heterocycles. The van der Waals surface area contributed by atoms with E-state index in [-0.39, 0.29) is 15.8 Å². The highest BCUT2D eigenvalue weighted by Gasteiger charge is 2.27. The minimum Gasteiger partial charge on any atom is -0.102 e. The first-order valence-electron chi connectivity index (χ1n) is 7.26. The van der Waals surface area contributed by atoms with Crippen molar-refractivity contribution in [2.75, 3.05) is 25.7 Å². The maximum atomic E-state index is 2.57. The summed E-state index contributed by atoms with van der Waals surface area (Å²) in [5.41, 5.74) is 5.14. The Morgan fingerprint density at radius 3 is 1.78 bits per heavy atom. The van der Waals surface area contributed by atoms with Crippen LogP contribution in [0.3, 0.4) is 0 Å². The van der Waals surface area contributed by atoms with Crippen LogP contribution in [0.2, 0.25) is 0 Å². The summed E-state index contributed by atoms with van der Waals surface area (Å²) in [7, 11) is 0.530. The topological polar surface area (TPSA) is 0 Å². The van der Waals surface area contributed by atoms with E-state index < -0.39 is 0 Å². The van der Waals surface area contributed by atoms with Crippen LogP contribution in [0, 0.1) is 0 Å². The molecule has 0 bridgehead atoms. The van der Waals surface area contributed by atoms with Gasteiger partial charge in [-0.1, -0.05) is 24.3 Å². The zero-order valence-corrected chi connectivity index (χ0v) is 13.4. The summed E-state index contributed by atoms with van der Waals surface area (Å²) < 4.78 is 0. The molecule has 0 spiro atoms. The molecule has 0 radical (unpaired) electrons. The Morgan fingerprint density at radius 2 is 1.39 bits per heavy atom. The molecular formula is C16H24P2. The van der Waals surface area contributed by atoms with Gasteiger partial charge in [0.25, 0.3) is 0 Å². The van der Waals surface area contributed by atoms with E-state index in [1.54, 1.807) is 11.1 Å². The van der Waals surface area contributed by atoms with Gasteiger partial charge < -0.3 is 0 Å². The minimum atomic E-state index is 0.265. The number of benzene rings is 1. The van der Waals surface area contributed by atoms with E-state index in [0.29, 0.717) is 0 Å². The predicted octanol–water partition coefficient (Wildman–Crippen LogP) is 5.58. The molecule has 0 aromatic heterocycles. The molecule has 0 aliphatic carbocycles. The van der Waals surface area contributed by atoms with Crippen molar-refractivity contribution in [1.29, 1.82) is 0 Å². The fourth-order valence-electron chi connectivity index (χ4n) is 3.64. The molecule has 0 saturated carbocycles. The van der Waals surface area contributed by atoms with E-state index in [1.165, 1.54) is 38.0 Å². The average molecular weight is 278 g/mol. The Hall–Kier alpha value is 0.0800. The normalized spacial score (nSPS) is 36.1. The Balaban J connectivity index is 1.84. The zero-order valence-electron chi connectivity index (χ0n) is 11.6. The highest BCUT2D eigenvalue weighted by molar-refractivity contribution is 7.57. The molecule has 4 unspecified atom stereocenters. The van der Waals surface area contributed by atoms with Crippen molar-refractivity contribution in [3.63, 3.8) is 0 Å². The molecule has 4 atom stereocenters. The summed E-state index contributed by atoms with van der Waals surface area (Å²) in [6.07, 6.45) is 8.79. The second-order valence-electron chi connectivity index (χ2n) is 5.95. The van der Waals surface area contributed by atoms with Crippen molar-refractivity contribution in [3.05, 3.63) is 35.4 Å². The highest BCUT2D eigenvalue weighted by atomic mass is 31.1. The maximum absolute atomic E-state index is 2.57. The Bertz CT molecular complexity index is 380. The van der Waals surface area contributed by atoms with Gasteiger partial charge in [-0.3, -0.25) is 0 Å². The average Bonchev–Trinajstić information content (AvgIpc) is 2.98. The summed E-state index contributed by atoms with van der Waals surface area (Å²) in [4.78, 5) is 0. The standard InChI is InChI=1S/C16H24P2/c1-17-10-4-8-15(17)13-6-3-7-14(12-13)16-9-5-11-18(16)2/h3,6-7,12,15-16H,4-5,8-11H2,1-2H3. The van der Waals surface area contributed by atoms with Crippen LogP contribution in [0.15, 0.2) is 24.3 Å². The summed E-state index contributed by atoms with van der Waals surface area (Å²) in [5, 5.41) is 0. The van der Waals surface area contributed by atoms with Crippen molar-refractivity contribution >= 4 is 15.8 Å². The van der Waals surface area contributed by atoms with Gasteiger partial charge in [-0.15, -0.1) is 15.8 Å². The minimum absolute atomic E-state index is 0.265. The Morgan fingerprint density at radius 1 is 0.889 bits per heavy atom. The smallest absolute Gasteiger partial charge is 0.00395 e. The third-order valence-electron chi connectivity index (χ3n) is 4.72. The van der Waals surface area contributed by atoms with Gasteiger partial charge in [0.2, 0.25) is 0 Å². The second-order valence-corrected chi connectivity index (χ2v) is 11.1. The van der Waals surface area contributed by atoms with E-state index in [4.69, 9.17) is 0 Å². The summed E-state index contributed by atoms with van der Waals surface area (Å²) in [6.45, 7) is 5.00. The Kier molecular flexibility index (Phi) is 4.07. The van der Waals surface area contributed by atoms with Gasteiger partial charge in [0.15, 0.2) is 0 Å². The van der Waals surface area contributed by atoms with Crippen molar-refractivity contribution in [1.82, 2.24) is 0 Å². The van der Waals surface area contributed by atoms with Gasteiger partial charge in [-0.05, 0) is 62.5 Å². The van der Waals surface area contributed by atoms with Gasteiger partial charge >= 0.3 is 0 Å².